The number of H-pyrrole nitrogens is 1. The Morgan fingerprint density at radius 1 is 1.12 bits per heavy atom. The van der Waals surface area contributed by atoms with E-state index in [9.17, 15) is 0 Å². The number of halogens is 3. The molecular formula is C18H17Cl3N2S. The van der Waals surface area contributed by atoms with E-state index in [1.165, 1.54) is 28.4 Å². The molecule has 0 aliphatic heterocycles. The van der Waals surface area contributed by atoms with E-state index in [0.29, 0.717) is 21.1 Å². The van der Waals surface area contributed by atoms with E-state index < -0.39 is 0 Å². The highest BCUT2D eigenvalue weighted by atomic mass is 35.5. The average molecular weight is 400 g/mol. The number of aromatic amines is 1. The van der Waals surface area contributed by atoms with E-state index in [-0.39, 0.29) is 0 Å². The van der Waals surface area contributed by atoms with Gasteiger partial charge in [0.2, 0.25) is 0 Å². The van der Waals surface area contributed by atoms with Crippen molar-refractivity contribution in [3.63, 3.8) is 0 Å². The number of nitrogens with one attached hydrogen (secondary N) is 2. The zero-order chi connectivity index (χ0) is 17.1. The molecule has 0 bridgehead atoms. The predicted molar refractivity (Wildman–Crippen MR) is 107 cm³/mol. The molecule has 0 aliphatic carbocycles. The normalized spacial score (nSPS) is 12.7. The van der Waals surface area contributed by atoms with Crippen LogP contribution >= 0.6 is 46.8 Å². The van der Waals surface area contributed by atoms with Crippen LogP contribution in [-0.4, -0.2) is 11.0 Å². The van der Waals surface area contributed by atoms with Gasteiger partial charge in [0, 0.05) is 28.2 Å². The van der Waals surface area contributed by atoms with E-state index in [2.05, 4.69) is 41.0 Å². The largest absolute Gasteiger partial charge is 0.361 e. The molecule has 0 saturated carbocycles. The topological polar surface area (TPSA) is 27.8 Å². The first kappa shape index (κ1) is 18.0. The summed E-state index contributed by atoms with van der Waals surface area (Å²) in [4.78, 5) is 4.13. The summed E-state index contributed by atoms with van der Waals surface area (Å²) in [6.07, 6.45) is 4.01. The predicted octanol–water partition coefficient (Wildman–Crippen LogP) is 6.75. The van der Waals surface area contributed by atoms with Crippen LogP contribution in [0.15, 0.2) is 47.5 Å². The molecule has 2 aromatic carbocycles. The minimum absolute atomic E-state index is 0.303. The highest BCUT2D eigenvalue weighted by Crippen LogP contribution is 2.35. The minimum Gasteiger partial charge on any atom is -0.361 e. The van der Waals surface area contributed by atoms with Crippen LogP contribution < -0.4 is 4.72 Å². The third-order valence-electron chi connectivity index (χ3n) is 3.92. The van der Waals surface area contributed by atoms with Crippen LogP contribution in [0, 0.1) is 0 Å². The average Bonchev–Trinajstić information content (AvgIpc) is 2.96. The molecule has 0 saturated heterocycles. The summed E-state index contributed by atoms with van der Waals surface area (Å²) >= 11 is 19.9. The fourth-order valence-electron chi connectivity index (χ4n) is 2.60. The van der Waals surface area contributed by atoms with Gasteiger partial charge in [-0.3, -0.25) is 4.72 Å². The molecule has 126 valence electrons. The van der Waals surface area contributed by atoms with Crippen molar-refractivity contribution < 1.29 is 0 Å². The molecule has 3 aromatic rings. The lowest BCUT2D eigenvalue weighted by atomic mass is 10.0. The van der Waals surface area contributed by atoms with Crippen LogP contribution in [0.4, 0.5) is 0 Å². The van der Waals surface area contributed by atoms with Crippen LogP contribution in [0.1, 0.15) is 18.9 Å². The quantitative estimate of drug-likeness (QED) is 0.449. The lowest BCUT2D eigenvalue weighted by Crippen LogP contribution is -2.24. The Kier molecular flexibility index (Phi) is 6.01. The van der Waals surface area contributed by atoms with E-state index in [1.807, 2.05) is 6.07 Å². The summed E-state index contributed by atoms with van der Waals surface area (Å²) in [6.45, 7) is 2.16. The lowest BCUT2D eigenvalue weighted by molar-refractivity contribution is 0.609. The van der Waals surface area contributed by atoms with Gasteiger partial charge in [0.25, 0.3) is 0 Å². The maximum atomic E-state index is 6.25. The molecule has 2 N–H and O–H groups in total. The summed E-state index contributed by atoms with van der Waals surface area (Å²) in [7, 11) is 0. The Hall–Kier alpha value is -0.840. The fourth-order valence-corrected chi connectivity index (χ4v) is 4.50. The van der Waals surface area contributed by atoms with Crippen molar-refractivity contribution in [2.45, 2.75) is 30.7 Å². The van der Waals surface area contributed by atoms with Crippen LogP contribution in [0.2, 0.25) is 15.1 Å². The molecule has 2 nitrogen and oxygen atoms in total. The Morgan fingerprint density at radius 3 is 2.54 bits per heavy atom. The maximum Gasteiger partial charge on any atom is 0.0601 e. The van der Waals surface area contributed by atoms with Crippen LogP contribution in [-0.2, 0) is 6.42 Å². The summed E-state index contributed by atoms with van der Waals surface area (Å²) in [5.74, 6) is 0. The van der Waals surface area contributed by atoms with E-state index in [1.54, 1.807) is 12.1 Å². The van der Waals surface area contributed by atoms with Crippen molar-refractivity contribution in [1.82, 2.24) is 9.71 Å². The highest BCUT2D eigenvalue weighted by Gasteiger charge is 2.14. The Morgan fingerprint density at radius 2 is 1.83 bits per heavy atom. The van der Waals surface area contributed by atoms with Crippen molar-refractivity contribution in [2.75, 3.05) is 0 Å². The molecule has 1 atom stereocenters. The van der Waals surface area contributed by atoms with Gasteiger partial charge in [0.15, 0.2) is 0 Å². The second-order valence-electron chi connectivity index (χ2n) is 5.59. The number of rotatable bonds is 6. The SMILES string of the molecule is CCC(Cc1c[nH]c2ccccc12)NSc1c(Cl)cc(Cl)cc1Cl. The van der Waals surface area contributed by atoms with Gasteiger partial charge in [-0.1, -0.05) is 59.9 Å². The van der Waals surface area contributed by atoms with Crippen molar-refractivity contribution in [3.05, 3.63) is 63.2 Å². The van der Waals surface area contributed by atoms with Crippen molar-refractivity contribution in [2.24, 2.45) is 0 Å². The molecule has 0 aliphatic rings. The first-order chi connectivity index (χ1) is 11.6. The van der Waals surface area contributed by atoms with Crippen molar-refractivity contribution in [1.29, 1.82) is 0 Å². The second-order valence-corrected chi connectivity index (χ2v) is 7.69. The number of aromatic nitrogens is 1. The van der Waals surface area contributed by atoms with Crippen molar-refractivity contribution >= 4 is 57.7 Å². The molecule has 0 amide bonds. The van der Waals surface area contributed by atoms with E-state index in [4.69, 9.17) is 34.8 Å². The second kappa shape index (κ2) is 8.03. The number of hydrogen-bond donors (Lipinski definition) is 2. The number of hydrogen-bond acceptors (Lipinski definition) is 2. The monoisotopic (exact) mass is 398 g/mol. The van der Waals surface area contributed by atoms with Gasteiger partial charge in [-0.15, -0.1) is 0 Å². The molecule has 0 spiro atoms. The standard InChI is InChI=1S/C18H17Cl3N2S/c1-2-13(7-11-10-22-17-6-4-3-5-14(11)17)23-24-18-15(20)8-12(19)9-16(18)21/h3-6,8-10,13,22-23H,2,7H2,1H3. The molecule has 1 unspecified atom stereocenters. The van der Waals surface area contributed by atoms with Crippen molar-refractivity contribution in [3.8, 4) is 0 Å². The van der Waals surface area contributed by atoms with E-state index in [0.717, 1.165) is 17.7 Å². The molecule has 6 heteroatoms. The summed E-state index contributed by atoms with van der Waals surface area (Å²) in [5.41, 5.74) is 2.47. The van der Waals surface area contributed by atoms with Crippen LogP contribution in [0.25, 0.3) is 10.9 Å². The molecule has 0 fully saturated rings. The van der Waals surface area contributed by atoms with Gasteiger partial charge in [-0.25, -0.2) is 0 Å². The highest BCUT2D eigenvalue weighted by molar-refractivity contribution is 7.97. The zero-order valence-electron chi connectivity index (χ0n) is 13.1. The van der Waals surface area contributed by atoms with Gasteiger partial charge in [-0.2, -0.15) is 0 Å². The summed E-state index contributed by atoms with van der Waals surface area (Å²) in [5, 5.41) is 2.93. The minimum atomic E-state index is 0.303. The fraction of sp³-hybridized carbons (Fsp3) is 0.222. The maximum absolute atomic E-state index is 6.25. The Balaban J connectivity index is 1.72. The molecule has 1 heterocycles. The third kappa shape index (κ3) is 4.04. The Labute approximate surface area is 161 Å². The van der Waals surface area contributed by atoms with Gasteiger partial charge >= 0.3 is 0 Å². The molecular weight excluding hydrogens is 383 g/mol. The van der Waals surface area contributed by atoms with Gasteiger partial charge in [-0.05, 0) is 48.6 Å². The molecule has 24 heavy (non-hydrogen) atoms. The van der Waals surface area contributed by atoms with Gasteiger partial charge < -0.3 is 4.98 Å². The number of fused-ring (bicyclic) bond motifs is 1. The number of para-hydroxylation sites is 1. The van der Waals surface area contributed by atoms with Crippen LogP contribution in [0.5, 0.6) is 0 Å². The van der Waals surface area contributed by atoms with E-state index >= 15 is 0 Å². The first-order valence-corrected chi connectivity index (χ1v) is 9.65. The Bertz CT molecular complexity index is 824. The molecule has 1 aromatic heterocycles. The summed E-state index contributed by atoms with van der Waals surface area (Å²) in [6, 6.07) is 12.1. The smallest absolute Gasteiger partial charge is 0.0601 e. The molecule has 0 radical (unpaired) electrons. The molecule has 3 rings (SSSR count). The summed E-state index contributed by atoms with van der Waals surface area (Å²) < 4.78 is 3.48. The first-order valence-electron chi connectivity index (χ1n) is 7.70. The lowest BCUT2D eigenvalue weighted by Gasteiger charge is -2.17. The van der Waals surface area contributed by atoms with Gasteiger partial charge in [0.05, 0.1) is 14.9 Å². The number of benzene rings is 2. The third-order valence-corrected chi connectivity index (χ3v) is 6.06. The van der Waals surface area contributed by atoms with Gasteiger partial charge in [0.1, 0.15) is 0 Å². The van der Waals surface area contributed by atoms with Crippen LogP contribution in [0.3, 0.4) is 0 Å². The zero-order valence-corrected chi connectivity index (χ0v) is 16.2.